The van der Waals surface area contributed by atoms with E-state index in [-0.39, 0.29) is 11.8 Å². The molecule has 1 N–H and O–H groups in total. The van der Waals surface area contributed by atoms with Crippen molar-refractivity contribution in [1.82, 2.24) is 5.32 Å². The Morgan fingerprint density at radius 1 is 1.22 bits per heavy atom. The van der Waals surface area contributed by atoms with E-state index >= 15 is 0 Å². The van der Waals surface area contributed by atoms with Crippen molar-refractivity contribution in [3.8, 4) is 0 Å². The molecule has 0 unspecified atom stereocenters. The van der Waals surface area contributed by atoms with Gasteiger partial charge in [-0.2, -0.15) is 0 Å². The van der Waals surface area contributed by atoms with Crippen molar-refractivity contribution in [1.29, 1.82) is 0 Å². The topological polar surface area (TPSA) is 38.3 Å². The van der Waals surface area contributed by atoms with E-state index in [0.717, 1.165) is 30.6 Å². The molecule has 23 heavy (non-hydrogen) atoms. The van der Waals surface area contributed by atoms with E-state index in [0.29, 0.717) is 19.4 Å². The summed E-state index contributed by atoms with van der Waals surface area (Å²) < 4.78 is 17.9. The summed E-state index contributed by atoms with van der Waals surface area (Å²) in [5.74, 6) is -0.406. The summed E-state index contributed by atoms with van der Waals surface area (Å²) in [4.78, 5) is 11.3. The van der Waals surface area contributed by atoms with Crippen LogP contribution in [0.25, 0.3) is 5.57 Å². The van der Waals surface area contributed by atoms with Gasteiger partial charge in [-0.1, -0.05) is 37.3 Å². The number of allylic oxidation sites excluding steroid dienone is 3. The molecule has 4 heteroatoms. The van der Waals surface area contributed by atoms with Gasteiger partial charge in [0.25, 0.3) is 0 Å². The van der Waals surface area contributed by atoms with Crippen molar-refractivity contribution in [2.24, 2.45) is 0 Å². The lowest BCUT2D eigenvalue weighted by atomic mass is 10.0. The largest absolute Gasteiger partial charge is 0.466 e. The first kappa shape index (κ1) is 19.1. The third kappa shape index (κ3) is 8.31. The first-order valence-corrected chi connectivity index (χ1v) is 8.15. The van der Waals surface area contributed by atoms with E-state index < -0.39 is 0 Å². The second-order valence-electron chi connectivity index (χ2n) is 5.07. The summed E-state index contributed by atoms with van der Waals surface area (Å²) in [6.45, 7) is 6.08. The average Bonchev–Trinajstić information content (AvgIpc) is 2.54. The Morgan fingerprint density at radius 3 is 2.61 bits per heavy atom. The van der Waals surface area contributed by atoms with Gasteiger partial charge in [-0.05, 0) is 56.1 Å². The summed E-state index contributed by atoms with van der Waals surface area (Å²) in [6, 6.07) is 6.53. The van der Waals surface area contributed by atoms with Gasteiger partial charge in [-0.25, -0.2) is 4.39 Å². The van der Waals surface area contributed by atoms with Gasteiger partial charge in [-0.3, -0.25) is 4.79 Å². The lowest BCUT2D eigenvalue weighted by Crippen LogP contribution is -2.14. The van der Waals surface area contributed by atoms with Crippen LogP contribution in [0.5, 0.6) is 0 Å². The third-order valence-corrected chi connectivity index (χ3v) is 3.29. The van der Waals surface area contributed by atoms with Crippen molar-refractivity contribution in [3.05, 3.63) is 53.9 Å². The Bertz CT molecular complexity index is 521. The number of halogens is 1. The molecule has 0 aliphatic heterocycles. The zero-order valence-corrected chi connectivity index (χ0v) is 14.0. The first-order chi connectivity index (χ1) is 11.2. The highest BCUT2D eigenvalue weighted by molar-refractivity contribution is 5.69. The summed E-state index contributed by atoms with van der Waals surface area (Å²) in [7, 11) is 0. The molecule has 1 aromatic carbocycles. The molecule has 0 saturated heterocycles. The van der Waals surface area contributed by atoms with Crippen LogP contribution in [0.2, 0.25) is 0 Å². The minimum Gasteiger partial charge on any atom is -0.466 e. The predicted octanol–water partition coefficient (Wildman–Crippen LogP) is 4.11. The number of ether oxygens (including phenoxy) is 1. The van der Waals surface area contributed by atoms with Crippen molar-refractivity contribution < 1.29 is 13.9 Å². The van der Waals surface area contributed by atoms with Gasteiger partial charge in [0.2, 0.25) is 0 Å². The normalized spacial score (nSPS) is 11.9. The number of carbonyl (C=O) groups excluding carboxylic acids is 1. The number of rotatable bonds is 10. The Hall–Kier alpha value is -1.94. The molecule has 0 aromatic heterocycles. The quantitative estimate of drug-likeness (QED) is 0.401. The Labute approximate surface area is 138 Å². The van der Waals surface area contributed by atoms with Crippen molar-refractivity contribution in [2.45, 2.75) is 33.1 Å². The Morgan fingerprint density at radius 2 is 1.96 bits per heavy atom. The van der Waals surface area contributed by atoms with Crippen LogP contribution < -0.4 is 5.32 Å². The zero-order valence-electron chi connectivity index (χ0n) is 14.0. The third-order valence-electron chi connectivity index (χ3n) is 3.29. The van der Waals surface area contributed by atoms with Crippen molar-refractivity contribution in [2.75, 3.05) is 19.7 Å². The molecule has 0 aliphatic rings. The number of esters is 1. The lowest BCUT2D eigenvalue weighted by Gasteiger charge is -2.08. The number of hydrogen-bond donors (Lipinski definition) is 1. The van der Waals surface area contributed by atoms with Gasteiger partial charge in [0, 0.05) is 6.42 Å². The predicted molar refractivity (Wildman–Crippen MR) is 92.5 cm³/mol. The highest BCUT2D eigenvalue weighted by Crippen LogP contribution is 2.18. The van der Waals surface area contributed by atoms with E-state index in [1.54, 1.807) is 19.1 Å². The second-order valence-corrected chi connectivity index (χ2v) is 5.07. The van der Waals surface area contributed by atoms with Crippen LogP contribution in [0.4, 0.5) is 4.39 Å². The maximum Gasteiger partial charge on any atom is 0.306 e. The van der Waals surface area contributed by atoms with Crippen LogP contribution in [0, 0.1) is 5.82 Å². The van der Waals surface area contributed by atoms with Crippen LogP contribution in [-0.4, -0.2) is 25.7 Å². The molecule has 1 aromatic rings. The minimum absolute atomic E-state index is 0.174. The van der Waals surface area contributed by atoms with Crippen molar-refractivity contribution in [3.63, 3.8) is 0 Å². The average molecular weight is 319 g/mol. The van der Waals surface area contributed by atoms with Crippen LogP contribution in [-0.2, 0) is 9.53 Å². The van der Waals surface area contributed by atoms with Gasteiger partial charge in [0.1, 0.15) is 5.82 Å². The van der Waals surface area contributed by atoms with Gasteiger partial charge >= 0.3 is 5.97 Å². The van der Waals surface area contributed by atoms with E-state index in [1.807, 2.05) is 18.2 Å². The monoisotopic (exact) mass is 319 g/mol. The number of carbonyl (C=O) groups is 1. The van der Waals surface area contributed by atoms with Gasteiger partial charge in [0.15, 0.2) is 0 Å². The molecule has 0 heterocycles. The maximum atomic E-state index is 13.1. The highest BCUT2D eigenvalue weighted by Gasteiger charge is 2.01. The summed E-state index contributed by atoms with van der Waals surface area (Å²) in [5.41, 5.74) is 2.15. The van der Waals surface area contributed by atoms with E-state index in [4.69, 9.17) is 4.74 Å². The SMILES string of the molecule is CCNCC/C(=C/C=C/CCC(=O)OCC)c1ccc(F)cc1. The molecule has 0 radical (unpaired) electrons. The van der Waals surface area contributed by atoms with Gasteiger partial charge in [0.05, 0.1) is 6.61 Å². The Balaban J connectivity index is 2.63. The van der Waals surface area contributed by atoms with Crippen LogP contribution >= 0.6 is 0 Å². The molecule has 126 valence electrons. The molecule has 1 rings (SSSR count). The van der Waals surface area contributed by atoms with Gasteiger partial charge < -0.3 is 10.1 Å². The van der Waals surface area contributed by atoms with Gasteiger partial charge in [-0.15, -0.1) is 0 Å². The van der Waals surface area contributed by atoms with E-state index in [9.17, 15) is 9.18 Å². The maximum absolute atomic E-state index is 13.1. The fourth-order valence-corrected chi connectivity index (χ4v) is 2.10. The molecule has 0 fully saturated rings. The zero-order chi connectivity index (χ0) is 16.9. The van der Waals surface area contributed by atoms with Crippen molar-refractivity contribution >= 4 is 11.5 Å². The molecule has 0 saturated carbocycles. The summed E-state index contributed by atoms with van der Waals surface area (Å²) in [5, 5.41) is 3.29. The van der Waals surface area contributed by atoms with Crippen LogP contribution in [0.3, 0.4) is 0 Å². The summed E-state index contributed by atoms with van der Waals surface area (Å²) in [6.07, 6.45) is 7.83. The number of benzene rings is 1. The fraction of sp³-hybridized carbons (Fsp3) is 0.421. The molecule has 0 aliphatic carbocycles. The lowest BCUT2D eigenvalue weighted by molar-refractivity contribution is -0.142. The Kier molecular flexibility index (Phi) is 9.64. The minimum atomic E-state index is -0.232. The highest BCUT2D eigenvalue weighted by atomic mass is 19.1. The first-order valence-electron chi connectivity index (χ1n) is 8.15. The number of nitrogens with one attached hydrogen (secondary N) is 1. The standard InChI is InChI=1S/C19H26FNO2/c1-3-21-15-14-16(17-10-12-18(20)13-11-17)8-6-5-7-9-19(22)23-4-2/h5-6,8,10-13,21H,3-4,7,9,14-15H2,1-2H3/b6-5+,16-8-. The van der Waals surface area contributed by atoms with E-state index in [1.165, 1.54) is 12.1 Å². The molecule has 0 bridgehead atoms. The molecular formula is C19H26FNO2. The van der Waals surface area contributed by atoms with Crippen LogP contribution in [0.15, 0.2) is 42.5 Å². The molecule has 0 atom stereocenters. The molecule has 0 amide bonds. The second kappa shape index (κ2) is 11.6. The fourth-order valence-electron chi connectivity index (χ4n) is 2.10. The number of hydrogen-bond acceptors (Lipinski definition) is 3. The molecular weight excluding hydrogens is 293 g/mol. The van der Waals surface area contributed by atoms with E-state index in [2.05, 4.69) is 12.2 Å². The smallest absolute Gasteiger partial charge is 0.306 e. The summed E-state index contributed by atoms with van der Waals surface area (Å²) >= 11 is 0. The molecule has 0 spiro atoms. The molecule has 3 nitrogen and oxygen atoms in total. The van der Waals surface area contributed by atoms with Crippen LogP contribution in [0.1, 0.15) is 38.7 Å².